The van der Waals surface area contributed by atoms with E-state index in [2.05, 4.69) is 32.2 Å². The quantitative estimate of drug-likeness (QED) is 0.469. The Morgan fingerprint density at radius 3 is 2.40 bits per heavy atom. The maximum atomic E-state index is 5.00. The van der Waals surface area contributed by atoms with Crippen LogP contribution in [0.15, 0.2) is 11.6 Å². The highest BCUT2D eigenvalue weighted by molar-refractivity contribution is 5.05. The zero-order chi connectivity index (χ0) is 11.5. The van der Waals surface area contributed by atoms with E-state index in [1.807, 2.05) is 0 Å². The van der Waals surface area contributed by atoms with Gasteiger partial charge in [-0.1, -0.05) is 32.4 Å². The van der Waals surface area contributed by atoms with E-state index in [0.717, 1.165) is 32.0 Å². The van der Waals surface area contributed by atoms with Crippen LogP contribution in [-0.2, 0) is 4.74 Å². The van der Waals surface area contributed by atoms with Crippen molar-refractivity contribution in [1.29, 1.82) is 0 Å². The molecule has 15 heavy (non-hydrogen) atoms. The Bertz CT molecular complexity index is 162. The second kappa shape index (κ2) is 10.2. The molecule has 0 aliphatic carbocycles. The molecule has 0 saturated carbocycles. The molecular formula is C13H27NO. The molecule has 0 rings (SSSR count). The summed E-state index contributed by atoms with van der Waals surface area (Å²) in [6.45, 7) is 9.49. The van der Waals surface area contributed by atoms with Crippen LogP contribution < -0.4 is 5.32 Å². The summed E-state index contributed by atoms with van der Waals surface area (Å²) in [7, 11) is 1.74. The first-order valence-corrected chi connectivity index (χ1v) is 6.17. The van der Waals surface area contributed by atoms with Crippen LogP contribution in [0.25, 0.3) is 0 Å². The van der Waals surface area contributed by atoms with Gasteiger partial charge in [0.2, 0.25) is 0 Å². The van der Waals surface area contributed by atoms with Crippen molar-refractivity contribution in [1.82, 2.24) is 5.32 Å². The van der Waals surface area contributed by atoms with Gasteiger partial charge < -0.3 is 10.1 Å². The third kappa shape index (κ3) is 7.57. The van der Waals surface area contributed by atoms with Crippen molar-refractivity contribution in [3.05, 3.63) is 11.6 Å². The van der Waals surface area contributed by atoms with Crippen LogP contribution in [0.4, 0.5) is 0 Å². The van der Waals surface area contributed by atoms with Crippen molar-refractivity contribution in [2.24, 2.45) is 5.92 Å². The summed E-state index contributed by atoms with van der Waals surface area (Å²) in [4.78, 5) is 0. The first-order chi connectivity index (χ1) is 7.28. The van der Waals surface area contributed by atoms with Crippen molar-refractivity contribution < 1.29 is 4.74 Å². The van der Waals surface area contributed by atoms with Crippen LogP contribution in [0.1, 0.15) is 40.0 Å². The monoisotopic (exact) mass is 213 g/mol. The van der Waals surface area contributed by atoms with Crippen LogP contribution in [0.2, 0.25) is 0 Å². The van der Waals surface area contributed by atoms with Crippen LogP contribution in [0, 0.1) is 5.92 Å². The first-order valence-electron chi connectivity index (χ1n) is 6.17. The number of hydrogen-bond donors (Lipinski definition) is 1. The molecule has 0 radical (unpaired) electrons. The fourth-order valence-electron chi connectivity index (χ4n) is 1.58. The fourth-order valence-corrected chi connectivity index (χ4v) is 1.58. The Labute approximate surface area is 95.1 Å². The van der Waals surface area contributed by atoms with Gasteiger partial charge in [0.1, 0.15) is 0 Å². The summed E-state index contributed by atoms with van der Waals surface area (Å²) in [5.74, 6) is 0.754. The molecule has 0 fully saturated rings. The topological polar surface area (TPSA) is 21.3 Å². The molecule has 1 N–H and O–H groups in total. The molecule has 0 unspecified atom stereocenters. The highest BCUT2D eigenvalue weighted by Crippen LogP contribution is 2.13. The summed E-state index contributed by atoms with van der Waals surface area (Å²) in [6, 6.07) is 0. The van der Waals surface area contributed by atoms with Crippen molar-refractivity contribution >= 4 is 0 Å². The number of methoxy groups -OCH3 is 1. The highest BCUT2D eigenvalue weighted by atomic mass is 16.5. The van der Waals surface area contributed by atoms with E-state index in [1.165, 1.54) is 18.4 Å². The van der Waals surface area contributed by atoms with Crippen LogP contribution in [0.3, 0.4) is 0 Å². The zero-order valence-electron chi connectivity index (χ0n) is 10.8. The molecule has 0 bridgehead atoms. The molecule has 0 aromatic heterocycles. The molecule has 0 atom stereocenters. The van der Waals surface area contributed by atoms with Crippen molar-refractivity contribution in [3.63, 3.8) is 0 Å². The number of ether oxygens (including phenoxy) is 1. The van der Waals surface area contributed by atoms with Crippen LogP contribution >= 0.6 is 0 Å². The molecule has 2 nitrogen and oxygen atoms in total. The van der Waals surface area contributed by atoms with E-state index in [9.17, 15) is 0 Å². The Balaban J connectivity index is 3.88. The molecule has 0 saturated heterocycles. The molecule has 90 valence electrons. The molecule has 0 amide bonds. The smallest absolute Gasteiger partial charge is 0.0587 e. The Hall–Kier alpha value is -0.340. The minimum absolute atomic E-state index is 0.754. The summed E-state index contributed by atoms with van der Waals surface area (Å²) in [5, 5.41) is 3.40. The average Bonchev–Trinajstić information content (AvgIpc) is 2.28. The summed E-state index contributed by atoms with van der Waals surface area (Å²) in [6.07, 6.45) is 6.09. The maximum Gasteiger partial charge on any atom is 0.0587 e. The molecule has 2 heteroatoms. The van der Waals surface area contributed by atoms with Gasteiger partial charge in [-0.3, -0.25) is 0 Å². The Morgan fingerprint density at radius 2 is 1.93 bits per heavy atom. The number of hydrogen-bond acceptors (Lipinski definition) is 2. The van der Waals surface area contributed by atoms with E-state index < -0.39 is 0 Å². The lowest BCUT2D eigenvalue weighted by Crippen LogP contribution is -2.21. The second-order valence-corrected chi connectivity index (χ2v) is 3.92. The average molecular weight is 213 g/mol. The normalized spacial score (nSPS) is 12.5. The lowest BCUT2D eigenvalue weighted by atomic mass is 9.99. The van der Waals surface area contributed by atoms with E-state index in [1.54, 1.807) is 7.11 Å². The number of rotatable bonds is 9. The lowest BCUT2D eigenvalue weighted by Gasteiger charge is -2.11. The largest absolute Gasteiger partial charge is 0.383 e. The van der Waals surface area contributed by atoms with E-state index in [0.29, 0.717) is 0 Å². The molecule has 0 spiro atoms. The molecule has 0 aliphatic rings. The molecule has 0 aromatic rings. The van der Waals surface area contributed by atoms with Crippen molar-refractivity contribution in [3.8, 4) is 0 Å². The van der Waals surface area contributed by atoms with E-state index in [-0.39, 0.29) is 0 Å². The first kappa shape index (κ1) is 14.7. The minimum Gasteiger partial charge on any atom is -0.383 e. The van der Waals surface area contributed by atoms with Gasteiger partial charge in [0, 0.05) is 20.2 Å². The number of allylic oxidation sites excluding steroid dienone is 1. The predicted molar refractivity (Wildman–Crippen MR) is 67.2 cm³/mol. The van der Waals surface area contributed by atoms with Gasteiger partial charge in [-0.05, 0) is 25.2 Å². The van der Waals surface area contributed by atoms with Gasteiger partial charge >= 0.3 is 0 Å². The summed E-state index contributed by atoms with van der Waals surface area (Å²) in [5.41, 5.74) is 1.53. The van der Waals surface area contributed by atoms with Gasteiger partial charge in [0.25, 0.3) is 0 Å². The zero-order valence-corrected chi connectivity index (χ0v) is 10.8. The highest BCUT2D eigenvalue weighted by Gasteiger charge is 2.01. The summed E-state index contributed by atoms with van der Waals surface area (Å²) >= 11 is 0. The van der Waals surface area contributed by atoms with Crippen molar-refractivity contribution in [2.45, 2.75) is 40.0 Å². The van der Waals surface area contributed by atoms with Gasteiger partial charge in [0.05, 0.1) is 6.61 Å². The Morgan fingerprint density at radius 1 is 1.27 bits per heavy atom. The van der Waals surface area contributed by atoms with Crippen LogP contribution in [0.5, 0.6) is 0 Å². The third-order valence-electron chi connectivity index (χ3n) is 2.81. The number of nitrogens with one attached hydrogen (secondary N) is 1. The van der Waals surface area contributed by atoms with Gasteiger partial charge in [0.15, 0.2) is 0 Å². The Kier molecular flexibility index (Phi) is 9.96. The van der Waals surface area contributed by atoms with E-state index >= 15 is 0 Å². The van der Waals surface area contributed by atoms with Gasteiger partial charge in [-0.2, -0.15) is 0 Å². The standard InChI is InChI=1S/C13H27NO/c1-5-12(6-2)10-13(7-3)11-14-8-9-15-4/h10,12,14H,5-9,11H2,1-4H3. The fraction of sp³-hybridized carbons (Fsp3) is 0.846. The second-order valence-electron chi connectivity index (χ2n) is 3.92. The summed E-state index contributed by atoms with van der Waals surface area (Å²) < 4.78 is 5.00. The molecule has 0 heterocycles. The minimum atomic E-state index is 0.754. The predicted octanol–water partition coefficient (Wildman–Crippen LogP) is 3.00. The molecular weight excluding hydrogens is 186 g/mol. The third-order valence-corrected chi connectivity index (χ3v) is 2.81. The van der Waals surface area contributed by atoms with Gasteiger partial charge in [-0.25, -0.2) is 0 Å². The SMILES string of the molecule is CCC(=CC(CC)CC)CNCCOC. The van der Waals surface area contributed by atoms with E-state index in [4.69, 9.17) is 4.74 Å². The lowest BCUT2D eigenvalue weighted by molar-refractivity contribution is 0.200. The molecule has 0 aromatic carbocycles. The van der Waals surface area contributed by atoms with Gasteiger partial charge in [-0.15, -0.1) is 0 Å². The van der Waals surface area contributed by atoms with Crippen molar-refractivity contribution in [2.75, 3.05) is 26.8 Å². The van der Waals surface area contributed by atoms with Crippen LogP contribution in [-0.4, -0.2) is 26.8 Å². The maximum absolute atomic E-state index is 5.00. The molecule has 0 aliphatic heterocycles.